The fourth-order valence-corrected chi connectivity index (χ4v) is 3.46. The third-order valence-electron chi connectivity index (χ3n) is 2.68. The predicted molar refractivity (Wildman–Crippen MR) is 82.9 cm³/mol. The molecule has 7 heteroatoms. The van der Waals surface area contributed by atoms with Crippen LogP contribution in [0.5, 0.6) is 0 Å². The van der Waals surface area contributed by atoms with Crippen molar-refractivity contribution in [3.63, 3.8) is 0 Å². The van der Waals surface area contributed by atoms with Gasteiger partial charge in [0.15, 0.2) is 0 Å². The predicted octanol–water partition coefficient (Wildman–Crippen LogP) is 3.68. The molecule has 0 aliphatic carbocycles. The summed E-state index contributed by atoms with van der Waals surface area (Å²) in [5.74, 6) is 0. The second-order valence-corrected chi connectivity index (χ2v) is 6.67. The summed E-state index contributed by atoms with van der Waals surface area (Å²) < 4.78 is 27.1. The summed E-state index contributed by atoms with van der Waals surface area (Å²) in [6.07, 6.45) is 0. The quantitative estimate of drug-likeness (QED) is 0.843. The smallest absolute Gasteiger partial charge is 0.262 e. The second kappa shape index (κ2) is 5.52. The molecular weight excluding hydrogens is 319 g/mol. The maximum absolute atomic E-state index is 12.3. The Labute approximate surface area is 127 Å². The molecule has 0 fully saturated rings. The molecule has 106 valence electrons. The first kappa shape index (κ1) is 15.0. The van der Waals surface area contributed by atoms with E-state index >= 15 is 0 Å². The minimum atomic E-state index is -3.75. The van der Waals surface area contributed by atoms with Crippen molar-refractivity contribution in [1.82, 2.24) is 0 Å². The lowest BCUT2D eigenvalue weighted by atomic mass is 10.2. The molecule has 0 saturated carbocycles. The number of benzene rings is 2. The molecule has 0 amide bonds. The molecule has 2 rings (SSSR count). The molecule has 0 bridgehead atoms. The first-order chi connectivity index (χ1) is 9.31. The molecule has 0 aromatic heterocycles. The van der Waals surface area contributed by atoms with Gasteiger partial charge < -0.3 is 5.73 Å². The van der Waals surface area contributed by atoms with Gasteiger partial charge in [0, 0.05) is 5.69 Å². The van der Waals surface area contributed by atoms with E-state index in [-0.39, 0.29) is 20.6 Å². The minimum absolute atomic E-state index is 0.141. The number of nitrogens with two attached hydrogens (primary N) is 1. The Kier molecular flexibility index (Phi) is 4.13. The highest BCUT2D eigenvalue weighted by Gasteiger charge is 2.18. The van der Waals surface area contributed by atoms with Crippen molar-refractivity contribution in [2.75, 3.05) is 10.5 Å². The molecule has 0 heterocycles. The number of nitrogens with one attached hydrogen (secondary N) is 1. The van der Waals surface area contributed by atoms with Crippen LogP contribution >= 0.6 is 23.2 Å². The van der Waals surface area contributed by atoms with Gasteiger partial charge in [-0.1, -0.05) is 29.3 Å². The van der Waals surface area contributed by atoms with Crippen molar-refractivity contribution in [2.24, 2.45) is 0 Å². The number of hydrogen-bond donors (Lipinski definition) is 2. The van der Waals surface area contributed by atoms with E-state index in [1.807, 2.05) is 0 Å². The lowest BCUT2D eigenvalue weighted by molar-refractivity contribution is 0.600. The summed E-state index contributed by atoms with van der Waals surface area (Å²) in [5.41, 5.74) is 6.90. The van der Waals surface area contributed by atoms with Crippen molar-refractivity contribution < 1.29 is 8.42 Å². The van der Waals surface area contributed by atoms with E-state index in [0.717, 1.165) is 0 Å². The Morgan fingerprint density at radius 3 is 2.50 bits per heavy atom. The Bertz CT molecular complexity index is 761. The molecule has 0 spiro atoms. The standard InChI is InChI=1S/C13H12Cl2N2O2S/c1-8-7-9(16)5-6-12(8)20(18,19)17-11-4-2-3-10(14)13(11)15/h2-7,17H,16H2,1H3. The Morgan fingerprint density at radius 2 is 1.85 bits per heavy atom. The molecule has 0 saturated heterocycles. The topological polar surface area (TPSA) is 72.2 Å². The third kappa shape index (κ3) is 3.00. The number of hydrogen-bond acceptors (Lipinski definition) is 3. The van der Waals surface area contributed by atoms with Crippen LogP contribution in [0.4, 0.5) is 11.4 Å². The zero-order chi connectivity index (χ0) is 14.9. The van der Waals surface area contributed by atoms with Gasteiger partial charge in [-0.25, -0.2) is 8.42 Å². The fourth-order valence-electron chi connectivity index (χ4n) is 1.76. The van der Waals surface area contributed by atoms with Crippen LogP contribution in [0.3, 0.4) is 0 Å². The second-order valence-electron chi connectivity index (χ2n) is 4.23. The van der Waals surface area contributed by atoms with E-state index < -0.39 is 10.0 Å². The van der Waals surface area contributed by atoms with Crippen LogP contribution in [0.1, 0.15) is 5.56 Å². The fraction of sp³-hybridized carbons (Fsp3) is 0.0769. The van der Waals surface area contributed by atoms with Gasteiger partial charge in [0.2, 0.25) is 0 Å². The average molecular weight is 331 g/mol. The zero-order valence-electron chi connectivity index (χ0n) is 10.5. The average Bonchev–Trinajstić information content (AvgIpc) is 2.34. The number of halogens is 2. The first-order valence-corrected chi connectivity index (χ1v) is 7.88. The van der Waals surface area contributed by atoms with Gasteiger partial charge in [-0.3, -0.25) is 4.72 Å². The van der Waals surface area contributed by atoms with Crippen LogP contribution in [-0.4, -0.2) is 8.42 Å². The van der Waals surface area contributed by atoms with E-state index in [4.69, 9.17) is 28.9 Å². The van der Waals surface area contributed by atoms with Gasteiger partial charge in [0.05, 0.1) is 20.6 Å². The maximum Gasteiger partial charge on any atom is 0.262 e. The van der Waals surface area contributed by atoms with Gasteiger partial charge in [0.25, 0.3) is 10.0 Å². The van der Waals surface area contributed by atoms with E-state index in [1.54, 1.807) is 31.2 Å². The van der Waals surface area contributed by atoms with E-state index in [9.17, 15) is 8.42 Å². The largest absolute Gasteiger partial charge is 0.399 e. The summed E-state index contributed by atoms with van der Waals surface area (Å²) in [6, 6.07) is 9.30. The molecule has 0 atom stereocenters. The number of rotatable bonds is 3. The molecule has 4 nitrogen and oxygen atoms in total. The number of aryl methyl sites for hydroxylation is 1. The normalized spacial score (nSPS) is 11.3. The Hall–Kier alpha value is -1.43. The molecular formula is C13H12Cl2N2O2S. The molecule has 0 unspecified atom stereocenters. The van der Waals surface area contributed by atoms with Gasteiger partial charge in [-0.2, -0.15) is 0 Å². The van der Waals surface area contributed by atoms with Crippen LogP contribution in [0.25, 0.3) is 0 Å². The molecule has 0 aliphatic rings. The highest BCUT2D eigenvalue weighted by molar-refractivity contribution is 7.92. The van der Waals surface area contributed by atoms with Gasteiger partial charge in [-0.15, -0.1) is 0 Å². The molecule has 20 heavy (non-hydrogen) atoms. The van der Waals surface area contributed by atoms with Gasteiger partial charge >= 0.3 is 0 Å². The molecule has 2 aromatic carbocycles. The highest BCUT2D eigenvalue weighted by atomic mass is 35.5. The number of nitrogen functional groups attached to an aromatic ring is 1. The van der Waals surface area contributed by atoms with Crippen LogP contribution < -0.4 is 10.5 Å². The van der Waals surface area contributed by atoms with Crippen LogP contribution in [0.15, 0.2) is 41.3 Å². The highest BCUT2D eigenvalue weighted by Crippen LogP contribution is 2.31. The molecule has 0 radical (unpaired) electrons. The van der Waals surface area contributed by atoms with E-state index in [2.05, 4.69) is 4.72 Å². The molecule has 2 aromatic rings. The lowest BCUT2D eigenvalue weighted by Gasteiger charge is -2.12. The summed E-state index contributed by atoms with van der Waals surface area (Å²) in [7, 11) is -3.75. The van der Waals surface area contributed by atoms with Gasteiger partial charge in [-0.05, 0) is 42.8 Å². The Morgan fingerprint density at radius 1 is 1.15 bits per heavy atom. The monoisotopic (exact) mass is 330 g/mol. The van der Waals surface area contributed by atoms with Crippen LogP contribution in [0.2, 0.25) is 10.0 Å². The van der Waals surface area contributed by atoms with Crippen LogP contribution in [0, 0.1) is 6.92 Å². The number of sulfonamides is 1. The molecule has 0 aliphatic heterocycles. The van der Waals surface area contributed by atoms with E-state index in [0.29, 0.717) is 11.3 Å². The van der Waals surface area contributed by atoms with Crippen molar-refractivity contribution in [3.8, 4) is 0 Å². The van der Waals surface area contributed by atoms with Gasteiger partial charge in [0.1, 0.15) is 0 Å². The van der Waals surface area contributed by atoms with E-state index in [1.165, 1.54) is 12.1 Å². The zero-order valence-corrected chi connectivity index (χ0v) is 12.9. The summed E-state index contributed by atoms with van der Waals surface area (Å²) in [5, 5.41) is 0.437. The lowest BCUT2D eigenvalue weighted by Crippen LogP contribution is -2.14. The van der Waals surface area contributed by atoms with Crippen molar-refractivity contribution in [3.05, 3.63) is 52.0 Å². The first-order valence-electron chi connectivity index (χ1n) is 5.64. The maximum atomic E-state index is 12.3. The summed E-state index contributed by atoms with van der Waals surface area (Å²) in [4.78, 5) is 0.141. The minimum Gasteiger partial charge on any atom is -0.399 e. The summed E-state index contributed by atoms with van der Waals surface area (Å²) in [6.45, 7) is 1.67. The summed E-state index contributed by atoms with van der Waals surface area (Å²) >= 11 is 11.8. The Balaban J connectivity index is 2.44. The van der Waals surface area contributed by atoms with Crippen molar-refractivity contribution >= 4 is 44.6 Å². The SMILES string of the molecule is Cc1cc(N)ccc1S(=O)(=O)Nc1cccc(Cl)c1Cl. The number of anilines is 2. The van der Waals surface area contributed by atoms with Crippen molar-refractivity contribution in [1.29, 1.82) is 0 Å². The van der Waals surface area contributed by atoms with Crippen LogP contribution in [-0.2, 0) is 10.0 Å². The van der Waals surface area contributed by atoms with Crippen molar-refractivity contribution in [2.45, 2.75) is 11.8 Å². The third-order valence-corrected chi connectivity index (χ3v) is 5.03. The molecule has 3 N–H and O–H groups in total.